The Balaban J connectivity index is 1.92. The van der Waals surface area contributed by atoms with Crippen molar-refractivity contribution in [1.82, 2.24) is 8.66 Å². The van der Waals surface area contributed by atoms with Gasteiger partial charge in [0.25, 0.3) is 0 Å². The minimum Gasteiger partial charge on any atom is -0.286 e. The summed E-state index contributed by atoms with van der Waals surface area (Å²) in [6.45, 7) is 4.73. The van der Waals surface area contributed by atoms with Crippen molar-refractivity contribution in [3.63, 3.8) is 0 Å². The summed E-state index contributed by atoms with van der Waals surface area (Å²) in [7, 11) is -0.854. The van der Waals surface area contributed by atoms with Crippen LogP contribution < -0.4 is 0 Å². The van der Waals surface area contributed by atoms with Crippen LogP contribution in [0.4, 0.5) is 0 Å². The van der Waals surface area contributed by atoms with Gasteiger partial charge in [-0.2, -0.15) is 0 Å². The minimum absolute atomic E-state index is 0.391. The lowest BCUT2D eigenvalue weighted by molar-refractivity contribution is 0.982. The summed E-state index contributed by atoms with van der Waals surface area (Å²) in [6, 6.07) is 48.8. The molecule has 0 unspecified atom stereocenters. The highest BCUT2D eigenvalue weighted by molar-refractivity contribution is 7.43. The van der Waals surface area contributed by atoms with Crippen LogP contribution in [0.5, 0.6) is 0 Å². The van der Waals surface area contributed by atoms with E-state index in [-0.39, 0.29) is 0 Å². The highest BCUT2D eigenvalue weighted by atomic mass is 31.1. The lowest BCUT2D eigenvalue weighted by atomic mass is 9.98. The molecule has 1 heterocycles. The molecule has 184 valence electrons. The third-order valence-electron chi connectivity index (χ3n) is 7.39. The SMILES string of the molecule is CC(C)p1n(-c2ccccc2)c2ccc3ccccc3c2c2c3ccccc3ccc2n1-c1ccccc1. The predicted octanol–water partition coefficient (Wildman–Crippen LogP) is 10.6. The molecule has 0 saturated carbocycles. The fraction of sp³-hybridized carbons (Fsp3) is 0.0857. The second-order valence-electron chi connectivity index (χ2n) is 10.1. The van der Waals surface area contributed by atoms with Crippen LogP contribution >= 0.6 is 7.85 Å². The first kappa shape index (κ1) is 22.9. The highest BCUT2D eigenvalue weighted by Gasteiger charge is 2.20. The zero-order chi connectivity index (χ0) is 25.6. The molecule has 0 atom stereocenters. The molecule has 6 aromatic carbocycles. The van der Waals surface area contributed by atoms with Crippen molar-refractivity contribution in [2.75, 3.05) is 0 Å². The summed E-state index contributed by atoms with van der Waals surface area (Å²) in [5.74, 6) is 0. The van der Waals surface area contributed by atoms with Crippen molar-refractivity contribution in [3.05, 3.63) is 133 Å². The van der Waals surface area contributed by atoms with E-state index in [1.54, 1.807) is 0 Å². The second kappa shape index (κ2) is 9.24. The van der Waals surface area contributed by atoms with Crippen LogP contribution in [0.2, 0.25) is 0 Å². The summed E-state index contributed by atoms with van der Waals surface area (Å²) < 4.78 is 5.26. The molecule has 0 N–H and O–H groups in total. The van der Waals surface area contributed by atoms with Gasteiger partial charge < -0.3 is 0 Å². The normalized spacial score (nSPS) is 11.7. The monoisotopic (exact) mass is 508 g/mol. The third-order valence-corrected chi connectivity index (χ3v) is 10.0. The Bertz CT molecular complexity index is 1850. The van der Waals surface area contributed by atoms with E-state index in [9.17, 15) is 0 Å². The number of para-hydroxylation sites is 2. The first-order valence-corrected chi connectivity index (χ1v) is 14.6. The van der Waals surface area contributed by atoms with Crippen molar-refractivity contribution in [2.24, 2.45) is 0 Å². The molecule has 38 heavy (non-hydrogen) atoms. The molecule has 0 aliphatic rings. The van der Waals surface area contributed by atoms with E-state index in [4.69, 9.17) is 0 Å². The van der Waals surface area contributed by atoms with Crippen LogP contribution in [0.3, 0.4) is 0 Å². The zero-order valence-electron chi connectivity index (χ0n) is 21.6. The van der Waals surface area contributed by atoms with Crippen molar-refractivity contribution in [2.45, 2.75) is 19.5 Å². The fourth-order valence-corrected chi connectivity index (χ4v) is 8.44. The predicted molar refractivity (Wildman–Crippen MR) is 166 cm³/mol. The Morgan fingerprint density at radius 2 is 0.842 bits per heavy atom. The Hall–Kier alpha value is -4.26. The highest BCUT2D eigenvalue weighted by Crippen LogP contribution is 2.48. The maximum absolute atomic E-state index is 2.63. The van der Waals surface area contributed by atoms with E-state index in [1.165, 1.54) is 54.7 Å². The molecule has 1 aromatic heterocycles. The van der Waals surface area contributed by atoms with Crippen molar-refractivity contribution >= 4 is 51.2 Å². The van der Waals surface area contributed by atoms with E-state index in [1.807, 2.05) is 0 Å². The summed E-state index contributed by atoms with van der Waals surface area (Å²) in [5.41, 5.74) is 5.38. The van der Waals surface area contributed by atoms with Gasteiger partial charge in [0, 0.05) is 24.3 Å². The second-order valence-corrected chi connectivity index (χ2v) is 12.5. The zero-order valence-corrected chi connectivity index (χ0v) is 22.5. The van der Waals surface area contributed by atoms with Crippen LogP contribution in [0, 0.1) is 0 Å². The Labute approximate surface area is 223 Å². The quantitative estimate of drug-likeness (QED) is 0.225. The summed E-state index contributed by atoms with van der Waals surface area (Å²) in [5, 5.41) is 7.73. The van der Waals surface area contributed by atoms with E-state index >= 15 is 0 Å². The van der Waals surface area contributed by atoms with Crippen LogP contribution in [0.25, 0.3) is 54.7 Å². The maximum Gasteiger partial charge on any atom is 0.0589 e. The van der Waals surface area contributed by atoms with Crippen LogP contribution in [0.1, 0.15) is 19.5 Å². The van der Waals surface area contributed by atoms with Gasteiger partial charge >= 0.3 is 0 Å². The van der Waals surface area contributed by atoms with Gasteiger partial charge in [-0.15, -0.1) is 0 Å². The minimum atomic E-state index is -0.854. The number of fused-ring (bicyclic) bond motifs is 7. The molecule has 7 aromatic rings. The molecule has 0 saturated heterocycles. The molecule has 0 bridgehead atoms. The molecule has 0 aliphatic carbocycles. The van der Waals surface area contributed by atoms with Crippen LogP contribution in [0.15, 0.2) is 133 Å². The van der Waals surface area contributed by atoms with Gasteiger partial charge in [-0.1, -0.05) is 111 Å². The summed E-state index contributed by atoms with van der Waals surface area (Å²) in [4.78, 5) is 0. The van der Waals surface area contributed by atoms with E-state index in [2.05, 4.69) is 156 Å². The van der Waals surface area contributed by atoms with Crippen LogP contribution in [-0.4, -0.2) is 8.66 Å². The molecule has 7 rings (SSSR count). The number of nitrogens with zero attached hydrogens (tertiary/aromatic N) is 2. The molecule has 0 aliphatic heterocycles. The van der Waals surface area contributed by atoms with Gasteiger partial charge in [0.2, 0.25) is 0 Å². The lowest BCUT2D eigenvalue weighted by Crippen LogP contribution is -2.02. The first-order valence-electron chi connectivity index (χ1n) is 13.3. The molecule has 3 heteroatoms. The molecule has 2 nitrogen and oxygen atoms in total. The summed E-state index contributed by atoms with van der Waals surface area (Å²) in [6.07, 6.45) is 0. The number of hydrogen-bond acceptors (Lipinski definition) is 0. The van der Waals surface area contributed by atoms with Gasteiger partial charge in [-0.25, -0.2) is 0 Å². The lowest BCUT2D eigenvalue weighted by Gasteiger charge is -2.23. The van der Waals surface area contributed by atoms with Crippen molar-refractivity contribution < 1.29 is 0 Å². The Morgan fingerprint density at radius 1 is 0.447 bits per heavy atom. The number of aromatic nitrogens is 2. The average Bonchev–Trinajstić information content (AvgIpc) is 3.11. The third kappa shape index (κ3) is 3.56. The van der Waals surface area contributed by atoms with Gasteiger partial charge in [0.15, 0.2) is 0 Å². The molecule has 0 radical (unpaired) electrons. The standard InChI is InChI=1S/C35H29N2P/c1-25(2)38-36(28-15-5-3-6-16-28)32-23-21-26-13-9-11-19-30(26)34(32)35-31-20-12-10-14-27(31)22-24-33(35)37(38)29-17-7-4-8-18-29/h3-25H,1-2H3. The molecule has 0 fully saturated rings. The largest absolute Gasteiger partial charge is 0.286 e. The van der Waals surface area contributed by atoms with E-state index in [0.717, 1.165) is 0 Å². The fourth-order valence-electron chi connectivity index (χ4n) is 5.82. The van der Waals surface area contributed by atoms with Gasteiger partial charge in [0.1, 0.15) is 0 Å². The molecular formula is C35H29N2P. The number of hydrogen-bond donors (Lipinski definition) is 0. The van der Waals surface area contributed by atoms with Crippen molar-refractivity contribution in [3.8, 4) is 11.4 Å². The maximum atomic E-state index is 2.63. The smallest absolute Gasteiger partial charge is 0.0589 e. The first-order chi connectivity index (χ1) is 18.7. The van der Waals surface area contributed by atoms with Crippen molar-refractivity contribution in [1.29, 1.82) is 0 Å². The number of rotatable bonds is 3. The van der Waals surface area contributed by atoms with E-state index < -0.39 is 7.85 Å². The van der Waals surface area contributed by atoms with Crippen LogP contribution in [-0.2, 0) is 0 Å². The van der Waals surface area contributed by atoms with Gasteiger partial charge in [0.05, 0.1) is 22.4 Å². The van der Waals surface area contributed by atoms with Gasteiger partial charge in [-0.3, -0.25) is 8.66 Å². The summed E-state index contributed by atoms with van der Waals surface area (Å²) >= 11 is 0. The molecular weight excluding hydrogens is 479 g/mol. The topological polar surface area (TPSA) is 9.86 Å². The van der Waals surface area contributed by atoms with Gasteiger partial charge in [-0.05, 0) is 57.9 Å². The van der Waals surface area contributed by atoms with E-state index in [0.29, 0.717) is 5.66 Å². The number of benzene rings is 6. The Morgan fingerprint density at radius 3 is 1.26 bits per heavy atom. The molecule has 0 spiro atoms. The molecule has 0 amide bonds. The average molecular weight is 509 g/mol. The Kier molecular flexibility index (Phi) is 5.57.